The molecule has 0 unspecified atom stereocenters. The van der Waals surface area contributed by atoms with Gasteiger partial charge in [-0.2, -0.15) is 0 Å². The van der Waals surface area contributed by atoms with E-state index in [0.29, 0.717) is 12.1 Å². The molecular weight excluding hydrogens is 232 g/mol. The second kappa shape index (κ2) is 7.50. The number of nitrogens with two attached hydrogens (primary N) is 1. The van der Waals surface area contributed by atoms with E-state index in [1.54, 1.807) is 18.5 Å². The molecule has 0 fully saturated rings. The van der Waals surface area contributed by atoms with Gasteiger partial charge in [-0.1, -0.05) is 18.5 Å². The van der Waals surface area contributed by atoms with E-state index < -0.39 is 0 Å². The molecule has 0 saturated carbocycles. The van der Waals surface area contributed by atoms with Crippen LogP contribution in [0.25, 0.3) is 0 Å². The van der Waals surface area contributed by atoms with Crippen LogP contribution in [0.4, 0.5) is 5.69 Å². The number of oxime groups is 1. The zero-order valence-electron chi connectivity index (χ0n) is 10.6. The molecule has 0 aliphatic carbocycles. The van der Waals surface area contributed by atoms with Crippen LogP contribution in [0, 0.1) is 0 Å². The predicted octanol–water partition coefficient (Wildman–Crippen LogP) is 0.775. The van der Waals surface area contributed by atoms with E-state index in [0.717, 1.165) is 25.1 Å². The summed E-state index contributed by atoms with van der Waals surface area (Å²) in [5.74, 6) is 0.0480. The van der Waals surface area contributed by atoms with Crippen LogP contribution in [0.3, 0.4) is 0 Å². The Balaban J connectivity index is 3.02. The van der Waals surface area contributed by atoms with Crippen LogP contribution in [0.15, 0.2) is 23.6 Å². The summed E-state index contributed by atoms with van der Waals surface area (Å²) in [7, 11) is 0. The smallest absolute Gasteiger partial charge is 0.172 e. The standard InChI is InChI=1S/C12H20N4O2/c1-2-3-6-16(7-8-17)11-9-14-5-4-10(11)12(13)15-18/h4-5,9,17-18H,2-3,6-8H2,1H3,(H2,13,15). The van der Waals surface area contributed by atoms with Gasteiger partial charge in [0.15, 0.2) is 5.84 Å². The molecule has 0 aliphatic heterocycles. The van der Waals surface area contributed by atoms with Crippen molar-refractivity contribution in [1.29, 1.82) is 0 Å². The maximum absolute atomic E-state index is 9.11. The van der Waals surface area contributed by atoms with Crippen LogP contribution < -0.4 is 10.6 Å². The monoisotopic (exact) mass is 252 g/mol. The number of aromatic nitrogens is 1. The zero-order chi connectivity index (χ0) is 13.4. The highest BCUT2D eigenvalue weighted by atomic mass is 16.4. The Bertz CT molecular complexity index is 395. The van der Waals surface area contributed by atoms with E-state index in [9.17, 15) is 0 Å². The highest BCUT2D eigenvalue weighted by Crippen LogP contribution is 2.19. The minimum atomic E-state index is 0.0480. The molecule has 0 radical (unpaired) electrons. The zero-order valence-corrected chi connectivity index (χ0v) is 10.6. The van der Waals surface area contributed by atoms with Gasteiger partial charge in [-0.15, -0.1) is 0 Å². The maximum atomic E-state index is 9.11. The third kappa shape index (κ3) is 3.59. The van der Waals surface area contributed by atoms with Crippen molar-refractivity contribution >= 4 is 11.5 Å². The Morgan fingerprint density at radius 2 is 2.28 bits per heavy atom. The van der Waals surface area contributed by atoms with Gasteiger partial charge in [0.05, 0.1) is 18.5 Å². The lowest BCUT2D eigenvalue weighted by atomic mass is 10.1. The van der Waals surface area contributed by atoms with Gasteiger partial charge >= 0.3 is 0 Å². The van der Waals surface area contributed by atoms with E-state index in [1.807, 2.05) is 4.90 Å². The molecule has 0 aromatic carbocycles. The number of aliphatic hydroxyl groups is 1. The minimum Gasteiger partial charge on any atom is -0.409 e. The molecule has 0 saturated heterocycles. The van der Waals surface area contributed by atoms with Crippen LogP contribution in [0.2, 0.25) is 0 Å². The van der Waals surface area contributed by atoms with Gasteiger partial charge in [0.1, 0.15) is 0 Å². The van der Waals surface area contributed by atoms with Gasteiger partial charge in [-0.25, -0.2) is 0 Å². The van der Waals surface area contributed by atoms with Gasteiger partial charge < -0.3 is 20.9 Å². The molecule has 0 spiro atoms. The van der Waals surface area contributed by atoms with Gasteiger partial charge in [-0.3, -0.25) is 4.98 Å². The molecule has 0 aliphatic rings. The number of aliphatic hydroxyl groups excluding tert-OH is 1. The molecule has 100 valence electrons. The predicted molar refractivity (Wildman–Crippen MR) is 71.0 cm³/mol. The number of nitrogens with zero attached hydrogens (tertiary/aromatic N) is 3. The summed E-state index contributed by atoms with van der Waals surface area (Å²) in [6, 6.07) is 1.70. The molecule has 1 aromatic rings. The summed E-state index contributed by atoms with van der Waals surface area (Å²) >= 11 is 0. The molecule has 1 aromatic heterocycles. The van der Waals surface area contributed by atoms with Gasteiger partial charge in [0.25, 0.3) is 0 Å². The quantitative estimate of drug-likeness (QED) is 0.288. The second-order valence-electron chi connectivity index (χ2n) is 3.94. The summed E-state index contributed by atoms with van der Waals surface area (Å²) in [5.41, 5.74) is 7.04. The van der Waals surface area contributed by atoms with Crippen molar-refractivity contribution in [2.24, 2.45) is 10.9 Å². The average Bonchev–Trinajstić information content (AvgIpc) is 2.42. The first kappa shape index (κ1) is 14.2. The Hall–Kier alpha value is -1.82. The number of hydrogen-bond acceptors (Lipinski definition) is 5. The number of anilines is 1. The van der Waals surface area contributed by atoms with Crippen molar-refractivity contribution in [2.75, 3.05) is 24.6 Å². The minimum absolute atomic E-state index is 0.0480. The molecule has 0 amide bonds. The van der Waals surface area contributed by atoms with Crippen LogP contribution in [0.1, 0.15) is 25.3 Å². The molecule has 6 nitrogen and oxygen atoms in total. The molecule has 4 N–H and O–H groups in total. The number of hydrogen-bond donors (Lipinski definition) is 3. The van der Waals surface area contributed by atoms with Crippen molar-refractivity contribution in [3.8, 4) is 0 Å². The van der Waals surface area contributed by atoms with Crippen LogP contribution in [0.5, 0.6) is 0 Å². The first-order valence-electron chi connectivity index (χ1n) is 6.02. The SMILES string of the molecule is CCCCN(CCO)c1cnccc1/C(N)=N/O. The molecule has 0 atom stereocenters. The van der Waals surface area contributed by atoms with Gasteiger partial charge in [0.2, 0.25) is 0 Å². The number of amidine groups is 1. The summed E-state index contributed by atoms with van der Waals surface area (Å²) in [6.45, 7) is 3.45. The van der Waals surface area contributed by atoms with Crippen LogP contribution >= 0.6 is 0 Å². The van der Waals surface area contributed by atoms with E-state index in [1.165, 1.54) is 0 Å². The van der Waals surface area contributed by atoms with E-state index in [-0.39, 0.29) is 12.4 Å². The van der Waals surface area contributed by atoms with E-state index in [2.05, 4.69) is 17.1 Å². The Morgan fingerprint density at radius 3 is 2.89 bits per heavy atom. The fourth-order valence-electron chi connectivity index (χ4n) is 1.73. The van der Waals surface area contributed by atoms with Crippen LogP contribution in [-0.4, -0.2) is 40.8 Å². The first-order valence-corrected chi connectivity index (χ1v) is 6.02. The Labute approximate surface area is 107 Å². The first-order chi connectivity index (χ1) is 8.74. The fraction of sp³-hybridized carbons (Fsp3) is 0.500. The third-order valence-corrected chi connectivity index (χ3v) is 2.68. The fourth-order valence-corrected chi connectivity index (χ4v) is 1.73. The number of unbranched alkanes of at least 4 members (excludes halogenated alkanes) is 1. The van der Waals surface area contributed by atoms with Crippen molar-refractivity contribution < 1.29 is 10.3 Å². The molecular formula is C12H20N4O2. The molecule has 0 bridgehead atoms. The van der Waals surface area contributed by atoms with Crippen LogP contribution in [-0.2, 0) is 0 Å². The normalized spacial score (nSPS) is 11.6. The van der Waals surface area contributed by atoms with Crippen molar-refractivity contribution in [1.82, 2.24) is 4.98 Å². The molecule has 1 rings (SSSR count). The summed E-state index contributed by atoms with van der Waals surface area (Å²) in [5, 5.41) is 20.9. The number of pyridine rings is 1. The average molecular weight is 252 g/mol. The topological polar surface area (TPSA) is 95.0 Å². The lowest BCUT2D eigenvalue weighted by molar-refractivity contribution is 0.301. The molecule has 18 heavy (non-hydrogen) atoms. The highest BCUT2D eigenvalue weighted by molar-refractivity contribution is 6.01. The van der Waals surface area contributed by atoms with Crippen molar-refractivity contribution in [3.63, 3.8) is 0 Å². The largest absolute Gasteiger partial charge is 0.409 e. The van der Waals surface area contributed by atoms with Crippen molar-refractivity contribution in [2.45, 2.75) is 19.8 Å². The Morgan fingerprint density at radius 1 is 1.50 bits per heavy atom. The molecule has 1 heterocycles. The number of rotatable bonds is 7. The van der Waals surface area contributed by atoms with Gasteiger partial charge in [0, 0.05) is 24.8 Å². The van der Waals surface area contributed by atoms with Crippen molar-refractivity contribution in [3.05, 3.63) is 24.0 Å². The van der Waals surface area contributed by atoms with E-state index >= 15 is 0 Å². The summed E-state index contributed by atoms with van der Waals surface area (Å²) < 4.78 is 0. The summed E-state index contributed by atoms with van der Waals surface area (Å²) in [4.78, 5) is 6.05. The highest BCUT2D eigenvalue weighted by Gasteiger charge is 2.13. The maximum Gasteiger partial charge on any atom is 0.172 e. The lowest BCUT2D eigenvalue weighted by Crippen LogP contribution is -2.30. The second-order valence-corrected chi connectivity index (χ2v) is 3.94. The molecule has 6 heteroatoms. The Kier molecular flexibility index (Phi) is 5.93. The summed E-state index contributed by atoms with van der Waals surface area (Å²) in [6.07, 6.45) is 5.32. The van der Waals surface area contributed by atoms with E-state index in [4.69, 9.17) is 16.0 Å². The third-order valence-electron chi connectivity index (χ3n) is 2.68. The lowest BCUT2D eigenvalue weighted by Gasteiger charge is -2.25. The van der Waals surface area contributed by atoms with Gasteiger partial charge in [-0.05, 0) is 12.5 Å².